The third-order valence-corrected chi connectivity index (χ3v) is 9.58. The smallest absolute Gasteiger partial charge is 0.212 e. The first-order valence-electron chi connectivity index (χ1n) is 4.71. The molecular weight excluding hydrogens is 164 g/mol. The Morgan fingerprint density at radius 2 is 1.25 bits per heavy atom. The molecule has 0 bridgehead atoms. The summed E-state index contributed by atoms with van der Waals surface area (Å²) in [6.07, 6.45) is 1.33. The molecule has 1 fully saturated rings. The average molecular weight is 186 g/mol. The molecule has 12 heavy (non-hydrogen) atoms. The van der Waals surface area contributed by atoms with Crippen LogP contribution in [0.4, 0.5) is 0 Å². The molecule has 2 N–H and O–H groups in total. The minimum Gasteiger partial charge on any atom is -0.327 e. The first-order valence-corrected chi connectivity index (χ1v) is 6.71. The van der Waals surface area contributed by atoms with Crippen LogP contribution in [-0.2, 0) is 0 Å². The van der Waals surface area contributed by atoms with Crippen molar-refractivity contribution in [3.8, 4) is 0 Å². The Hall–Kier alpha value is 0.137. The van der Waals surface area contributed by atoms with E-state index in [1.165, 1.54) is 6.42 Å². The maximum atomic E-state index is 3.57. The molecule has 0 unspecified atom stereocenters. The van der Waals surface area contributed by atoms with Crippen LogP contribution < -0.4 is 9.96 Å². The molecule has 1 aliphatic heterocycles. The van der Waals surface area contributed by atoms with E-state index in [1.807, 2.05) is 0 Å². The molecule has 0 aliphatic carbocycles. The maximum Gasteiger partial charge on any atom is 0.212 e. The summed E-state index contributed by atoms with van der Waals surface area (Å²) in [6, 6.07) is 0. The largest absolute Gasteiger partial charge is 0.327 e. The monoisotopic (exact) mass is 186 g/mol. The van der Waals surface area contributed by atoms with Gasteiger partial charge in [-0.25, -0.2) is 0 Å². The van der Waals surface area contributed by atoms with Crippen LogP contribution >= 0.6 is 0 Å². The van der Waals surface area contributed by atoms with Gasteiger partial charge in [-0.2, -0.15) is 0 Å². The molecule has 0 aromatic carbocycles. The highest BCUT2D eigenvalue weighted by Gasteiger charge is 2.66. The Morgan fingerprint density at radius 1 is 0.917 bits per heavy atom. The lowest BCUT2D eigenvalue weighted by Gasteiger charge is -2.65. The van der Waals surface area contributed by atoms with E-state index in [0.29, 0.717) is 10.1 Å². The van der Waals surface area contributed by atoms with Crippen LogP contribution in [-0.4, -0.2) is 22.5 Å². The van der Waals surface area contributed by atoms with Crippen LogP contribution in [0.1, 0.15) is 34.1 Å². The van der Waals surface area contributed by atoms with Crippen molar-refractivity contribution in [1.29, 1.82) is 0 Å². The minimum absolute atomic E-state index is 0.486. The summed E-state index contributed by atoms with van der Waals surface area (Å²) in [4.78, 5) is 7.15. The molecule has 2 nitrogen and oxygen atoms in total. The lowest BCUT2D eigenvalue weighted by atomic mass is 9.95. The first-order chi connectivity index (χ1) is 5.33. The molecular formula is C9H22N2Si. The molecule has 1 rings (SSSR count). The molecule has 0 spiro atoms. The van der Waals surface area contributed by atoms with E-state index in [2.05, 4.69) is 51.8 Å². The minimum atomic E-state index is -1.45. The summed E-state index contributed by atoms with van der Waals surface area (Å²) >= 11 is 0. The van der Waals surface area contributed by atoms with Crippen molar-refractivity contribution in [3.63, 3.8) is 0 Å². The predicted molar refractivity (Wildman–Crippen MR) is 56.6 cm³/mol. The van der Waals surface area contributed by atoms with Crippen LogP contribution in [0.15, 0.2) is 0 Å². The first kappa shape index (κ1) is 10.2. The van der Waals surface area contributed by atoms with E-state index in [-0.39, 0.29) is 0 Å². The van der Waals surface area contributed by atoms with Crippen LogP contribution in [0.5, 0.6) is 0 Å². The van der Waals surface area contributed by atoms with Crippen molar-refractivity contribution >= 4 is 8.40 Å². The molecule has 0 radical (unpaired) electrons. The molecule has 1 saturated heterocycles. The van der Waals surface area contributed by atoms with Gasteiger partial charge in [0.25, 0.3) is 0 Å². The molecule has 72 valence electrons. The maximum absolute atomic E-state index is 3.57. The SMILES string of the molecule is CN[Si]1(NC)C(C)(C)CC1(C)C. The van der Waals surface area contributed by atoms with E-state index < -0.39 is 8.40 Å². The Morgan fingerprint density at radius 3 is 1.33 bits per heavy atom. The summed E-state index contributed by atoms with van der Waals surface area (Å²) in [5.41, 5.74) is 0. The van der Waals surface area contributed by atoms with Gasteiger partial charge in [0.1, 0.15) is 0 Å². The second-order valence-corrected chi connectivity index (χ2v) is 10.4. The number of nitrogens with one attached hydrogen (secondary N) is 2. The van der Waals surface area contributed by atoms with E-state index >= 15 is 0 Å². The van der Waals surface area contributed by atoms with Crippen LogP contribution in [0, 0.1) is 0 Å². The van der Waals surface area contributed by atoms with Crippen molar-refractivity contribution in [2.24, 2.45) is 0 Å². The fourth-order valence-corrected chi connectivity index (χ4v) is 9.56. The average Bonchev–Trinajstić information content (AvgIpc) is 1.85. The second kappa shape index (κ2) is 2.56. The number of rotatable bonds is 2. The fraction of sp³-hybridized carbons (Fsp3) is 1.00. The third-order valence-electron chi connectivity index (χ3n) is 3.66. The van der Waals surface area contributed by atoms with Crippen molar-refractivity contribution in [2.75, 3.05) is 14.1 Å². The second-order valence-electron chi connectivity index (χ2n) is 5.19. The summed E-state index contributed by atoms with van der Waals surface area (Å²) in [5, 5.41) is 0.972. The molecule has 0 aromatic heterocycles. The normalized spacial score (nSPS) is 29.5. The van der Waals surface area contributed by atoms with Gasteiger partial charge < -0.3 is 9.96 Å². The molecule has 3 heteroatoms. The van der Waals surface area contributed by atoms with E-state index in [0.717, 1.165) is 0 Å². The molecule has 0 amide bonds. The lowest BCUT2D eigenvalue weighted by Crippen LogP contribution is -2.78. The van der Waals surface area contributed by atoms with E-state index in [4.69, 9.17) is 0 Å². The van der Waals surface area contributed by atoms with E-state index in [9.17, 15) is 0 Å². The van der Waals surface area contributed by atoms with Gasteiger partial charge in [0, 0.05) is 0 Å². The van der Waals surface area contributed by atoms with Gasteiger partial charge in [-0.05, 0) is 30.6 Å². The van der Waals surface area contributed by atoms with Gasteiger partial charge in [0.2, 0.25) is 8.40 Å². The molecule has 0 aromatic rings. The Kier molecular flexibility index (Phi) is 2.18. The fourth-order valence-electron chi connectivity index (χ4n) is 3.66. The van der Waals surface area contributed by atoms with Gasteiger partial charge >= 0.3 is 0 Å². The predicted octanol–water partition coefficient (Wildman–Crippen LogP) is 1.83. The van der Waals surface area contributed by atoms with Gasteiger partial charge in [-0.3, -0.25) is 0 Å². The highest BCUT2D eigenvalue weighted by Crippen LogP contribution is 2.66. The number of hydrogen-bond acceptors (Lipinski definition) is 2. The summed E-state index contributed by atoms with van der Waals surface area (Å²) in [5.74, 6) is 0. The summed E-state index contributed by atoms with van der Waals surface area (Å²) in [6.45, 7) is 9.49. The van der Waals surface area contributed by atoms with Crippen molar-refractivity contribution in [1.82, 2.24) is 9.96 Å². The van der Waals surface area contributed by atoms with Gasteiger partial charge in [0.15, 0.2) is 0 Å². The number of hydrogen-bond donors (Lipinski definition) is 2. The van der Waals surface area contributed by atoms with Crippen LogP contribution in [0.3, 0.4) is 0 Å². The Labute approximate surface area is 77.3 Å². The summed E-state index contributed by atoms with van der Waals surface area (Å²) < 4.78 is 0. The molecule has 0 atom stereocenters. The van der Waals surface area contributed by atoms with Crippen LogP contribution in [0.2, 0.25) is 10.1 Å². The lowest BCUT2D eigenvalue weighted by molar-refractivity contribution is 0.344. The van der Waals surface area contributed by atoms with Crippen molar-refractivity contribution in [2.45, 2.75) is 44.2 Å². The van der Waals surface area contributed by atoms with Gasteiger partial charge in [-0.1, -0.05) is 27.7 Å². The summed E-state index contributed by atoms with van der Waals surface area (Å²) in [7, 11) is 2.76. The Bertz CT molecular complexity index is 167. The third kappa shape index (κ3) is 0.932. The van der Waals surface area contributed by atoms with Crippen LogP contribution in [0.25, 0.3) is 0 Å². The Balaban J connectivity index is 2.96. The zero-order valence-corrected chi connectivity index (χ0v) is 10.2. The zero-order chi connectivity index (χ0) is 9.62. The van der Waals surface area contributed by atoms with Gasteiger partial charge in [0.05, 0.1) is 0 Å². The highest BCUT2D eigenvalue weighted by atomic mass is 28.4. The topological polar surface area (TPSA) is 24.1 Å². The zero-order valence-electron chi connectivity index (χ0n) is 9.21. The van der Waals surface area contributed by atoms with Crippen molar-refractivity contribution in [3.05, 3.63) is 0 Å². The van der Waals surface area contributed by atoms with E-state index in [1.54, 1.807) is 0 Å². The van der Waals surface area contributed by atoms with Crippen molar-refractivity contribution < 1.29 is 0 Å². The molecule has 1 heterocycles. The molecule has 1 aliphatic rings. The molecule has 0 saturated carbocycles. The highest BCUT2D eigenvalue weighted by molar-refractivity contribution is 6.83. The standard InChI is InChI=1S/C9H22N2Si/c1-8(2)7-9(3,4)12(8,10-5)11-6/h10-11H,7H2,1-6H3. The quantitative estimate of drug-likeness (QED) is 0.643. The van der Waals surface area contributed by atoms with Gasteiger partial charge in [-0.15, -0.1) is 0 Å².